The number of aromatic nitrogens is 1. The molecular formula is C14H16N2O5S. The number of non-ortho nitro benzene ring substituents is 1. The first-order valence-electron chi connectivity index (χ1n) is 6.96. The molecule has 0 aliphatic heterocycles. The number of unbranched alkanes of at least 4 members (excludes halogenated alkanes) is 2. The van der Waals surface area contributed by atoms with Gasteiger partial charge in [-0.3, -0.25) is 24.3 Å². The van der Waals surface area contributed by atoms with Gasteiger partial charge in [-0.2, -0.15) is 0 Å². The van der Waals surface area contributed by atoms with Crippen molar-refractivity contribution in [2.24, 2.45) is 0 Å². The number of nitro groups is 1. The van der Waals surface area contributed by atoms with E-state index in [1.807, 2.05) is 0 Å². The average Bonchev–Trinajstić information content (AvgIpc) is 2.79. The van der Waals surface area contributed by atoms with Crippen molar-refractivity contribution < 1.29 is 14.5 Å². The predicted molar refractivity (Wildman–Crippen MR) is 83.2 cm³/mol. The van der Waals surface area contributed by atoms with E-state index in [-0.39, 0.29) is 17.1 Å². The van der Waals surface area contributed by atoms with Crippen LogP contribution in [-0.2, 0) is 16.1 Å². The Hall–Kier alpha value is -2.22. The zero-order chi connectivity index (χ0) is 16.1. The molecule has 0 unspecified atom stereocenters. The lowest BCUT2D eigenvalue weighted by molar-refractivity contribution is -0.384. The molecule has 22 heavy (non-hydrogen) atoms. The molecule has 118 valence electrons. The highest BCUT2D eigenvalue weighted by Gasteiger charge is 2.15. The van der Waals surface area contributed by atoms with Crippen LogP contribution in [0, 0.1) is 10.1 Å². The van der Waals surface area contributed by atoms with Crippen LogP contribution in [-0.4, -0.2) is 22.1 Å². The highest BCUT2D eigenvalue weighted by molar-refractivity contribution is 7.16. The van der Waals surface area contributed by atoms with Crippen molar-refractivity contribution in [3.63, 3.8) is 0 Å². The SMILES string of the molecule is CCCCCOC(=O)Cn1c(=O)sc2cc([N+](=O)[O-])ccc21. The number of benzene rings is 1. The van der Waals surface area contributed by atoms with E-state index >= 15 is 0 Å². The molecule has 2 rings (SSSR count). The van der Waals surface area contributed by atoms with Crippen molar-refractivity contribution in [1.29, 1.82) is 0 Å². The summed E-state index contributed by atoms with van der Waals surface area (Å²) >= 11 is 0.879. The van der Waals surface area contributed by atoms with Crippen LogP contribution in [0.25, 0.3) is 10.2 Å². The number of nitro benzene ring substituents is 1. The van der Waals surface area contributed by atoms with Crippen molar-refractivity contribution >= 4 is 33.2 Å². The van der Waals surface area contributed by atoms with Crippen molar-refractivity contribution in [1.82, 2.24) is 4.57 Å². The van der Waals surface area contributed by atoms with Gasteiger partial charge in [-0.15, -0.1) is 0 Å². The molecule has 0 bridgehead atoms. The summed E-state index contributed by atoms with van der Waals surface area (Å²) in [5.41, 5.74) is 0.425. The summed E-state index contributed by atoms with van der Waals surface area (Å²) in [7, 11) is 0. The first-order valence-corrected chi connectivity index (χ1v) is 7.78. The van der Waals surface area contributed by atoms with Gasteiger partial charge in [0.25, 0.3) is 5.69 Å². The van der Waals surface area contributed by atoms with Crippen LogP contribution in [0.2, 0.25) is 0 Å². The third-order valence-corrected chi connectivity index (χ3v) is 4.10. The maximum Gasteiger partial charge on any atom is 0.326 e. The Kier molecular flexibility index (Phi) is 5.26. The highest BCUT2D eigenvalue weighted by Crippen LogP contribution is 2.23. The van der Waals surface area contributed by atoms with Crippen LogP contribution in [0.5, 0.6) is 0 Å². The fraction of sp³-hybridized carbons (Fsp3) is 0.429. The lowest BCUT2D eigenvalue weighted by Crippen LogP contribution is -2.21. The Labute approximate surface area is 130 Å². The van der Waals surface area contributed by atoms with Crippen LogP contribution >= 0.6 is 11.3 Å². The summed E-state index contributed by atoms with van der Waals surface area (Å²) in [6.45, 7) is 2.22. The highest BCUT2D eigenvalue weighted by atomic mass is 32.1. The van der Waals surface area contributed by atoms with Crippen molar-refractivity contribution in [2.45, 2.75) is 32.7 Å². The molecule has 8 heteroatoms. The molecule has 0 atom stereocenters. The monoisotopic (exact) mass is 324 g/mol. The Balaban J connectivity index is 2.14. The van der Waals surface area contributed by atoms with Gasteiger partial charge in [0.2, 0.25) is 0 Å². The van der Waals surface area contributed by atoms with Gasteiger partial charge in [-0.1, -0.05) is 31.1 Å². The Morgan fingerprint density at radius 3 is 2.86 bits per heavy atom. The van der Waals surface area contributed by atoms with Crippen LogP contribution in [0.1, 0.15) is 26.2 Å². The van der Waals surface area contributed by atoms with Crippen LogP contribution in [0.3, 0.4) is 0 Å². The van der Waals surface area contributed by atoms with E-state index in [4.69, 9.17) is 4.74 Å². The minimum Gasteiger partial charge on any atom is -0.464 e. The van der Waals surface area contributed by atoms with Crippen LogP contribution in [0.4, 0.5) is 5.69 Å². The van der Waals surface area contributed by atoms with Crippen molar-refractivity contribution in [3.8, 4) is 0 Å². The number of nitrogens with zero attached hydrogens (tertiary/aromatic N) is 2. The van der Waals surface area contributed by atoms with Crippen molar-refractivity contribution in [3.05, 3.63) is 38.0 Å². The molecule has 0 fully saturated rings. The molecular weight excluding hydrogens is 308 g/mol. The fourth-order valence-electron chi connectivity index (χ4n) is 2.03. The van der Waals surface area contributed by atoms with Gasteiger partial charge in [-0.05, 0) is 12.5 Å². The summed E-state index contributed by atoms with van der Waals surface area (Å²) in [6.07, 6.45) is 2.82. The topological polar surface area (TPSA) is 91.4 Å². The lowest BCUT2D eigenvalue weighted by Gasteiger charge is -2.05. The molecule has 0 amide bonds. The van der Waals surface area contributed by atoms with Crippen LogP contribution in [0.15, 0.2) is 23.0 Å². The first kappa shape index (κ1) is 16.2. The van der Waals surface area contributed by atoms with Gasteiger partial charge in [0.15, 0.2) is 0 Å². The molecule has 0 radical (unpaired) electrons. The Morgan fingerprint density at radius 1 is 1.41 bits per heavy atom. The molecule has 0 saturated heterocycles. The normalized spacial score (nSPS) is 10.8. The van der Waals surface area contributed by atoms with E-state index in [9.17, 15) is 19.7 Å². The third-order valence-electron chi connectivity index (χ3n) is 3.16. The molecule has 2 aromatic rings. The maximum atomic E-state index is 11.9. The smallest absolute Gasteiger partial charge is 0.326 e. The second-order valence-electron chi connectivity index (χ2n) is 4.79. The minimum atomic E-state index is -0.518. The Bertz CT molecular complexity index is 749. The van der Waals surface area contributed by atoms with Gasteiger partial charge in [0.1, 0.15) is 6.54 Å². The second kappa shape index (κ2) is 7.17. The largest absolute Gasteiger partial charge is 0.464 e. The number of fused-ring (bicyclic) bond motifs is 1. The summed E-state index contributed by atoms with van der Waals surface area (Å²) in [5, 5.41) is 10.7. The number of ether oxygens (including phenoxy) is 1. The van der Waals surface area contributed by atoms with E-state index in [0.717, 1.165) is 30.6 Å². The van der Waals surface area contributed by atoms with Gasteiger partial charge in [0.05, 0.1) is 21.7 Å². The number of hydrogen-bond acceptors (Lipinski definition) is 6. The average molecular weight is 324 g/mol. The maximum absolute atomic E-state index is 11.9. The summed E-state index contributed by atoms with van der Waals surface area (Å²) in [5.74, 6) is -0.476. The molecule has 0 saturated carbocycles. The molecule has 1 aromatic carbocycles. The predicted octanol–water partition coefficient (Wildman–Crippen LogP) is 2.70. The lowest BCUT2D eigenvalue weighted by atomic mass is 10.3. The molecule has 0 spiro atoms. The first-order chi connectivity index (χ1) is 10.5. The zero-order valence-electron chi connectivity index (χ0n) is 12.1. The molecule has 0 aliphatic carbocycles. The number of esters is 1. The van der Waals surface area contributed by atoms with Crippen molar-refractivity contribution in [2.75, 3.05) is 6.61 Å². The molecule has 0 N–H and O–H groups in total. The molecule has 1 aromatic heterocycles. The molecule has 0 aliphatic rings. The summed E-state index contributed by atoms with van der Waals surface area (Å²) < 4.78 is 6.85. The Morgan fingerprint density at radius 2 is 2.18 bits per heavy atom. The number of carbonyl (C=O) groups is 1. The number of hydrogen-bond donors (Lipinski definition) is 0. The molecule has 1 heterocycles. The quantitative estimate of drug-likeness (QED) is 0.338. The third kappa shape index (κ3) is 3.70. The van der Waals surface area contributed by atoms with E-state index < -0.39 is 10.9 Å². The van der Waals surface area contributed by atoms with E-state index in [2.05, 4.69) is 6.92 Å². The van der Waals surface area contributed by atoms with Gasteiger partial charge >= 0.3 is 10.8 Å². The fourth-order valence-corrected chi connectivity index (χ4v) is 2.95. The van der Waals surface area contributed by atoms with E-state index in [1.165, 1.54) is 22.8 Å². The molecule has 7 nitrogen and oxygen atoms in total. The van der Waals surface area contributed by atoms with Gasteiger partial charge < -0.3 is 4.74 Å². The van der Waals surface area contributed by atoms with Gasteiger partial charge in [0, 0.05) is 12.1 Å². The van der Waals surface area contributed by atoms with E-state index in [0.29, 0.717) is 16.8 Å². The minimum absolute atomic E-state index is 0.0805. The van der Waals surface area contributed by atoms with Gasteiger partial charge in [-0.25, -0.2) is 0 Å². The standard InChI is InChI=1S/C14H16N2O5S/c1-2-3-4-7-21-13(17)9-15-11-6-5-10(16(19)20)8-12(11)22-14(15)18/h5-6,8H,2-4,7,9H2,1H3. The summed E-state index contributed by atoms with van der Waals surface area (Å²) in [4.78, 5) is 33.6. The zero-order valence-corrected chi connectivity index (χ0v) is 12.9. The number of thiazole rings is 1. The summed E-state index contributed by atoms with van der Waals surface area (Å²) in [6, 6.07) is 4.14. The van der Waals surface area contributed by atoms with Crippen LogP contribution < -0.4 is 4.87 Å². The number of rotatable bonds is 7. The second-order valence-corrected chi connectivity index (χ2v) is 5.78. The van der Waals surface area contributed by atoms with E-state index in [1.54, 1.807) is 0 Å². The number of carbonyl (C=O) groups excluding carboxylic acids is 1.